The van der Waals surface area contributed by atoms with Crippen LogP contribution >= 0.6 is 0 Å². The predicted octanol–water partition coefficient (Wildman–Crippen LogP) is 1.40. The lowest BCUT2D eigenvalue weighted by atomic mass is 10.3. The molecule has 0 aliphatic carbocycles. The van der Waals surface area contributed by atoms with E-state index >= 15 is 0 Å². The van der Waals surface area contributed by atoms with E-state index in [1.807, 2.05) is 6.07 Å². The van der Waals surface area contributed by atoms with Gasteiger partial charge in [-0.05, 0) is 24.3 Å². The summed E-state index contributed by atoms with van der Waals surface area (Å²) in [5, 5.41) is 7.67. The molecule has 110 valence electrons. The maximum absolute atomic E-state index is 12.1. The number of hydrazone groups is 1. The van der Waals surface area contributed by atoms with Crippen LogP contribution in [0.15, 0.2) is 59.8 Å². The zero-order valence-corrected chi connectivity index (χ0v) is 11.5. The van der Waals surface area contributed by atoms with Gasteiger partial charge in [0.05, 0.1) is 5.69 Å². The Kier molecular flexibility index (Phi) is 3.78. The SMILES string of the molecule is O=C(Nc1ccccn1)C1=NN(c2ccccc2)C(=O)CO1. The van der Waals surface area contributed by atoms with Crippen LogP contribution in [0.1, 0.15) is 0 Å². The zero-order chi connectivity index (χ0) is 15.4. The first-order chi connectivity index (χ1) is 10.7. The van der Waals surface area contributed by atoms with E-state index in [-0.39, 0.29) is 18.4 Å². The van der Waals surface area contributed by atoms with E-state index in [1.54, 1.807) is 48.7 Å². The number of pyridine rings is 1. The summed E-state index contributed by atoms with van der Waals surface area (Å²) in [4.78, 5) is 28.0. The van der Waals surface area contributed by atoms with Crippen LogP contribution in [0.4, 0.5) is 11.5 Å². The Hall–Kier alpha value is -3.22. The summed E-state index contributed by atoms with van der Waals surface area (Å²) in [6.07, 6.45) is 1.55. The number of nitrogens with zero attached hydrogens (tertiary/aromatic N) is 3. The molecule has 2 amide bonds. The first-order valence-corrected chi connectivity index (χ1v) is 6.56. The number of amides is 2. The van der Waals surface area contributed by atoms with Gasteiger partial charge in [-0.25, -0.2) is 4.98 Å². The fourth-order valence-electron chi connectivity index (χ4n) is 1.86. The fraction of sp³-hybridized carbons (Fsp3) is 0.0667. The molecule has 0 saturated heterocycles. The minimum Gasteiger partial charge on any atom is -0.463 e. The number of carbonyl (C=O) groups is 2. The standard InChI is InChI=1S/C15H12N4O3/c20-13-10-22-15(14(21)17-12-8-4-5-9-16-12)18-19(13)11-6-2-1-3-7-11/h1-9H,10H2,(H,16,17,21). The number of hydrogen-bond donors (Lipinski definition) is 1. The molecular weight excluding hydrogens is 284 g/mol. The Morgan fingerprint density at radius 3 is 2.64 bits per heavy atom. The summed E-state index contributed by atoms with van der Waals surface area (Å²) < 4.78 is 5.09. The Balaban J connectivity index is 1.81. The summed E-state index contributed by atoms with van der Waals surface area (Å²) in [7, 11) is 0. The summed E-state index contributed by atoms with van der Waals surface area (Å²) in [5.41, 5.74) is 0.568. The molecule has 2 aromatic rings. The van der Waals surface area contributed by atoms with Crippen LogP contribution < -0.4 is 10.3 Å². The quantitative estimate of drug-likeness (QED) is 0.928. The van der Waals surface area contributed by atoms with Crippen LogP contribution in [0.25, 0.3) is 0 Å². The lowest BCUT2D eigenvalue weighted by molar-refractivity contribution is -0.122. The van der Waals surface area contributed by atoms with E-state index in [1.165, 1.54) is 0 Å². The number of para-hydroxylation sites is 1. The van der Waals surface area contributed by atoms with Crippen molar-refractivity contribution in [2.45, 2.75) is 0 Å². The lowest BCUT2D eigenvalue weighted by Gasteiger charge is -2.23. The molecule has 3 rings (SSSR count). The third-order valence-corrected chi connectivity index (χ3v) is 2.86. The van der Waals surface area contributed by atoms with Crippen LogP contribution in [0.3, 0.4) is 0 Å². The van der Waals surface area contributed by atoms with Gasteiger partial charge in [-0.2, -0.15) is 5.01 Å². The average molecular weight is 296 g/mol. The van der Waals surface area contributed by atoms with Gasteiger partial charge in [0, 0.05) is 6.20 Å². The van der Waals surface area contributed by atoms with Gasteiger partial charge in [0.2, 0.25) is 0 Å². The monoisotopic (exact) mass is 296 g/mol. The Morgan fingerprint density at radius 1 is 1.14 bits per heavy atom. The number of hydrogen-bond acceptors (Lipinski definition) is 5. The van der Waals surface area contributed by atoms with Gasteiger partial charge in [0.25, 0.3) is 11.8 Å². The average Bonchev–Trinajstić information content (AvgIpc) is 2.57. The zero-order valence-electron chi connectivity index (χ0n) is 11.5. The fourth-order valence-corrected chi connectivity index (χ4v) is 1.86. The van der Waals surface area contributed by atoms with E-state index in [4.69, 9.17) is 4.74 Å². The highest BCUT2D eigenvalue weighted by molar-refractivity contribution is 6.40. The number of anilines is 2. The van der Waals surface area contributed by atoms with Crippen molar-refractivity contribution in [3.63, 3.8) is 0 Å². The van der Waals surface area contributed by atoms with Crippen molar-refractivity contribution in [1.29, 1.82) is 0 Å². The number of nitrogens with one attached hydrogen (secondary N) is 1. The summed E-state index contributed by atoms with van der Waals surface area (Å²) >= 11 is 0. The molecule has 7 nitrogen and oxygen atoms in total. The molecule has 1 aliphatic rings. The van der Waals surface area contributed by atoms with Crippen LogP contribution in [0.5, 0.6) is 0 Å². The molecule has 1 aliphatic heterocycles. The molecule has 0 unspecified atom stereocenters. The van der Waals surface area contributed by atoms with Crippen molar-refractivity contribution >= 4 is 29.2 Å². The summed E-state index contributed by atoms with van der Waals surface area (Å²) in [5.74, 6) is -0.719. The topological polar surface area (TPSA) is 83.9 Å². The predicted molar refractivity (Wildman–Crippen MR) is 80.2 cm³/mol. The first-order valence-electron chi connectivity index (χ1n) is 6.56. The highest BCUT2D eigenvalue weighted by atomic mass is 16.5. The van der Waals surface area contributed by atoms with E-state index in [0.717, 1.165) is 5.01 Å². The van der Waals surface area contributed by atoms with E-state index in [0.29, 0.717) is 11.5 Å². The summed E-state index contributed by atoms with van der Waals surface area (Å²) in [6, 6.07) is 13.9. The third kappa shape index (κ3) is 2.93. The Bertz CT molecular complexity index is 716. The molecule has 0 saturated carbocycles. The number of ether oxygens (including phenoxy) is 1. The van der Waals surface area contributed by atoms with E-state index in [9.17, 15) is 9.59 Å². The van der Waals surface area contributed by atoms with Crippen LogP contribution in [-0.2, 0) is 14.3 Å². The maximum Gasteiger partial charge on any atom is 0.313 e. The van der Waals surface area contributed by atoms with Gasteiger partial charge >= 0.3 is 5.91 Å². The molecular formula is C15H12N4O3. The molecule has 0 atom stereocenters. The molecule has 1 aromatic heterocycles. The smallest absolute Gasteiger partial charge is 0.313 e. The number of carbonyl (C=O) groups excluding carboxylic acids is 2. The first kappa shape index (κ1) is 13.7. The van der Waals surface area contributed by atoms with E-state index in [2.05, 4.69) is 15.4 Å². The van der Waals surface area contributed by atoms with Gasteiger partial charge in [0.15, 0.2) is 6.61 Å². The normalized spacial score (nSPS) is 14.1. The molecule has 1 N–H and O–H groups in total. The molecule has 0 spiro atoms. The highest BCUT2D eigenvalue weighted by Gasteiger charge is 2.27. The van der Waals surface area contributed by atoms with Gasteiger partial charge in [-0.1, -0.05) is 24.3 Å². The molecule has 22 heavy (non-hydrogen) atoms. The molecule has 2 heterocycles. The molecule has 0 bridgehead atoms. The lowest BCUT2D eigenvalue weighted by Crippen LogP contribution is -2.40. The molecule has 1 aromatic carbocycles. The number of aromatic nitrogens is 1. The van der Waals surface area contributed by atoms with E-state index < -0.39 is 5.91 Å². The van der Waals surface area contributed by atoms with Crippen LogP contribution in [0.2, 0.25) is 0 Å². The van der Waals surface area contributed by atoms with Gasteiger partial charge < -0.3 is 10.1 Å². The minimum atomic E-state index is -0.563. The van der Waals surface area contributed by atoms with Crippen molar-refractivity contribution in [3.8, 4) is 0 Å². The third-order valence-electron chi connectivity index (χ3n) is 2.86. The van der Waals surface area contributed by atoms with Crippen molar-refractivity contribution in [1.82, 2.24) is 4.98 Å². The van der Waals surface area contributed by atoms with Crippen molar-refractivity contribution in [2.24, 2.45) is 5.10 Å². The van der Waals surface area contributed by atoms with Crippen molar-refractivity contribution < 1.29 is 14.3 Å². The molecule has 0 fully saturated rings. The largest absolute Gasteiger partial charge is 0.463 e. The number of rotatable bonds is 3. The van der Waals surface area contributed by atoms with Crippen LogP contribution in [-0.4, -0.2) is 29.3 Å². The van der Waals surface area contributed by atoms with Gasteiger partial charge in [-0.3, -0.25) is 9.59 Å². The maximum atomic E-state index is 12.1. The Morgan fingerprint density at radius 2 is 1.91 bits per heavy atom. The van der Waals surface area contributed by atoms with Gasteiger partial charge in [-0.15, -0.1) is 5.10 Å². The second-order valence-electron chi connectivity index (χ2n) is 4.40. The second-order valence-corrected chi connectivity index (χ2v) is 4.40. The minimum absolute atomic E-state index is 0.186. The Labute approximate surface area is 126 Å². The van der Waals surface area contributed by atoms with Gasteiger partial charge in [0.1, 0.15) is 5.82 Å². The molecule has 0 radical (unpaired) electrons. The van der Waals surface area contributed by atoms with Crippen LogP contribution in [0, 0.1) is 0 Å². The second kappa shape index (κ2) is 6.04. The highest BCUT2D eigenvalue weighted by Crippen LogP contribution is 2.17. The van der Waals surface area contributed by atoms with Crippen molar-refractivity contribution in [2.75, 3.05) is 16.9 Å². The molecule has 7 heteroatoms. The van der Waals surface area contributed by atoms with Crippen molar-refractivity contribution in [3.05, 3.63) is 54.7 Å². The number of benzene rings is 1. The summed E-state index contributed by atoms with van der Waals surface area (Å²) in [6.45, 7) is -0.247.